The summed E-state index contributed by atoms with van der Waals surface area (Å²) in [5, 5.41) is 5.51. The Balaban J connectivity index is 1.93. The van der Waals surface area contributed by atoms with Crippen LogP contribution in [0.25, 0.3) is 0 Å². The van der Waals surface area contributed by atoms with Gasteiger partial charge in [0.05, 0.1) is 19.8 Å². The summed E-state index contributed by atoms with van der Waals surface area (Å²) in [4.78, 5) is 37.1. The van der Waals surface area contributed by atoms with Gasteiger partial charge in [0.1, 0.15) is 12.3 Å². The van der Waals surface area contributed by atoms with Gasteiger partial charge in [0, 0.05) is 32.5 Å². The molecule has 1 saturated heterocycles. The van der Waals surface area contributed by atoms with Gasteiger partial charge in [-0.2, -0.15) is 0 Å². The Bertz CT molecular complexity index is 559. The number of nitrogens with one attached hydrogen (secondary N) is 2. The number of aldehydes is 1. The zero-order valence-electron chi connectivity index (χ0n) is 14.3. The van der Waals surface area contributed by atoms with Crippen molar-refractivity contribution in [1.29, 1.82) is 0 Å². The predicted molar refractivity (Wildman–Crippen MR) is 93.0 cm³/mol. The minimum absolute atomic E-state index is 0.187. The summed E-state index contributed by atoms with van der Waals surface area (Å²) in [5.41, 5.74) is 0.963. The molecule has 1 aliphatic rings. The van der Waals surface area contributed by atoms with Crippen molar-refractivity contribution < 1.29 is 19.1 Å². The second-order valence-corrected chi connectivity index (χ2v) is 5.94. The molecule has 1 aliphatic heterocycles. The number of nitrogens with zero attached hydrogens (tertiary/aromatic N) is 1. The molecule has 1 aromatic carbocycles. The summed E-state index contributed by atoms with van der Waals surface area (Å²) in [5.74, 6) is -0.464. The highest BCUT2D eigenvalue weighted by atomic mass is 16.5. The number of rotatable bonds is 9. The van der Waals surface area contributed by atoms with Crippen LogP contribution >= 0.6 is 0 Å². The SMILES string of the molecule is O=CCCNC(=O)[C@H](Cc1ccccc1)NC(=O)CN1CCOCC1. The lowest BCUT2D eigenvalue weighted by atomic mass is 10.1. The van der Waals surface area contributed by atoms with Crippen LogP contribution in [0.5, 0.6) is 0 Å². The lowest BCUT2D eigenvalue weighted by molar-refractivity contribution is -0.130. The molecule has 25 heavy (non-hydrogen) atoms. The maximum Gasteiger partial charge on any atom is 0.242 e. The number of carbonyl (C=O) groups excluding carboxylic acids is 3. The lowest BCUT2D eigenvalue weighted by Gasteiger charge is -2.27. The number of benzene rings is 1. The van der Waals surface area contributed by atoms with Gasteiger partial charge in [-0.25, -0.2) is 0 Å². The highest BCUT2D eigenvalue weighted by Crippen LogP contribution is 2.04. The van der Waals surface area contributed by atoms with E-state index in [0.717, 1.165) is 11.8 Å². The van der Waals surface area contributed by atoms with E-state index in [1.807, 2.05) is 35.2 Å². The van der Waals surface area contributed by atoms with E-state index in [0.29, 0.717) is 32.7 Å². The second kappa shape index (κ2) is 10.6. The average Bonchev–Trinajstić information content (AvgIpc) is 2.63. The average molecular weight is 347 g/mol. The van der Waals surface area contributed by atoms with Crippen molar-refractivity contribution in [3.8, 4) is 0 Å². The molecule has 1 fully saturated rings. The van der Waals surface area contributed by atoms with Crippen LogP contribution in [0.1, 0.15) is 12.0 Å². The summed E-state index contributed by atoms with van der Waals surface area (Å²) in [7, 11) is 0. The van der Waals surface area contributed by atoms with E-state index in [9.17, 15) is 14.4 Å². The van der Waals surface area contributed by atoms with E-state index in [-0.39, 0.29) is 31.3 Å². The molecule has 0 aliphatic carbocycles. The van der Waals surface area contributed by atoms with Crippen molar-refractivity contribution >= 4 is 18.1 Å². The summed E-state index contributed by atoms with van der Waals surface area (Å²) < 4.78 is 5.27. The predicted octanol–water partition coefficient (Wildman–Crippen LogP) is -0.249. The fourth-order valence-corrected chi connectivity index (χ4v) is 2.64. The molecule has 0 aromatic heterocycles. The molecule has 1 atom stereocenters. The normalized spacial score (nSPS) is 16.0. The Morgan fingerprint density at radius 1 is 1.20 bits per heavy atom. The first-order valence-electron chi connectivity index (χ1n) is 8.54. The van der Waals surface area contributed by atoms with Crippen molar-refractivity contribution in [2.75, 3.05) is 39.4 Å². The summed E-state index contributed by atoms with van der Waals surface area (Å²) in [6.45, 7) is 3.17. The Kier molecular flexibility index (Phi) is 8.08. The molecule has 0 spiro atoms. The standard InChI is InChI=1S/C18H25N3O4/c22-10-4-7-19-18(24)16(13-15-5-2-1-3-6-15)20-17(23)14-21-8-11-25-12-9-21/h1-3,5-6,10,16H,4,7-9,11-14H2,(H,19,24)(H,20,23)/t16-/m0/s1. The number of ether oxygens (including phenoxy) is 1. The van der Waals surface area contributed by atoms with Crippen LogP contribution in [0.15, 0.2) is 30.3 Å². The fourth-order valence-electron chi connectivity index (χ4n) is 2.64. The first kappa shape index (κ1) is 19.1. The Hall–Kier alpha value is -2.25. The zero-order valence-corrected chi connectivity index (χ0v) is 14.3. The highest BCUT2D eigenvalue weighted by molar-refractivity contribution is 5.88. The summed E-state index contributed by atoms with van der Waals surface area (Å²) in [6, 6.07) is 8.86. The number of amides is 2. The topological polar surface area (TPSA) is 87.7 Å². The third kappa shape index (κ3) is 7.03. The molecule has 0 bridgehead atoms. The Labute approximate surface area is 147 Å². The quantitative estimate of drug-likeness (QED) is 0.475. The molecule has 136 valence electrons. The maximum absolute atomic E-state index is 12.4. The van der Waals surface area contributed by atoms with Gasteiger partial charge in [-0.3, -0.25) is 14.5 Å². The van der Waals surface area contributed by atoms with Gasteiger partial charge in [-0.15, -0.1) is 0 Å². The number of hydrogen-bond donors (Lipinski definition) is 2. The largest absolute Gasteiger partial charge is 0.379 e. The van der Waals surface area contributed by atoms with Crippen molar-refractivity contribution in [2.45, 2.75) is 18.9 Å². The van der Waals surface area contributed by atoms with Gasteiger partial charge >= 0.3 is 0 Å². The molecule has 1 heterocycles. The van der Waals surface area contributed by atoms with Gasteiger partial charge in [-0.05, 0) is 5.56 Å². The Morgan fingerprint density at radius 3 is 2.60 bits per heavy atom. The van der Waals surface area contributed by atoms with Gasteiger partial charge < -0.3 is 20.2 Å². The van der Waals surface area contributed by atoms with Crippen molar-refractivity contribution in [3.05, 3.63) is 35.9 Å². The first-order chi connectivity index (χ1) is 12.2. The molecule has 7 heteroatoms. The van der Waals surface area contributed by atoms with Crippen LogP contribution in [0, 0.1) is 0 Å². The molecular weight excluding hydrogens is 322 g/mol. The summed E-state index contributed by atoms with van der Waals surface area (Å²) in [6.07, 6.45) is 1.41. The van der Waals surface area contributed by atoms with E-state index >= 15 is 0 Å². The van der Waals surface area contributed by atoms with Crippen molar-refractivity contribution in [1.82, 2.24) is 15.5 Å². The van der Waals surface area contributed by atoms with E-state index in [1.54, 1.807) is 0 Å². The van der Waals surface area contributed by atoms with E-state index in [1.165, 1.54) is 0 Å². The lowest BCUT2D eigenvalue weighted by Crippen LogP contribution is -2.51. The summed E-state index contributed by atoms with van der Waals surface area (Å²) >= 11 is 0. The van der Waals surface area contributed by atoms with Gasteiger partial charge in [0.15, 0.2) is 0 Å². The molecule has 2 N–H and O–H groups in total. The number of carbonyl (C=O) groups is 3. The molecular formula is C18H25N3O4. The monoisotopic (exact) mass is 347 g/mol. The smallest absolute Gasteiger partial charge is 0.242 e. The van der Waals surface area contributed by atoms with Crippen LogP contribution in [-0.2, 0) is 25.5 Å². The minimum atomic E-state index is -0.664. The molecule has 2 rings (SSSR count). The van der Waals surface area contributed by atoms with Gasteiger partial charge in [-0.1, -0.05) is 30.3 Å². The maximum atomic E-state index is 12.4. The second-order valence-electron chi connectivity index (χ2n) is 5.94. The van der Waals surface area contributed by atoms with Gasteiger partial charge in [0.25, 0.3) is 0 Å². The number of morpholine rings is 1. The highest BCUT2D eigenvalue weighted by Gasteiger charge is 2.22. The Morgan fingerprint density at radius 2 is 1.92 bits per heavy atom. The number of hydrogen-bond acceptors (Lipinski definition) is 5. The van der Waals surface area contributed by atoms with Gasteiger partial charge in [0.2, 0.25) is 11.8 Å². The van der Waals surface area contributed by atoms with E-state index in [4.69, 9.17) is 4.74 Å². The van der Waals surface area contributed by atoms with Crippen LogP contribution in [0.4, 0.5) is 0 Å². The molecule has 0 unspecified atom stereocenters. The van der Waals surface area contributed by atoms with Crippen molar-refractivity contribution in [2.24, 2.45) is 0 Å². The molecule has 0 radical (unpaired) electrons. The minimum Gasteiger partial charge on any atom is -0.379 e. The van der Waals surface area contributed by atoms with Crippen molar-refractivity contribution in [3.63, 3.8) is 0 Å². The fraction of sp³-hybridized carbons (Fsp3) is 0.500. The molecule has 0 saturated carbocycles. The molecule has 2 amide bonds. The third-order valence-corrected chi connectivity index (χ3v) is 3.97. The zero-order chi connectivity index (χ0) is 17.9. The molecule has 1 aromatic rings. The van der Waals surface area contributed by atoms with E-state index < -0.39 is 6.04 Å². The molecule has 7 nitrogen and oxygen atoms in total. The van der Waals surface area contributed by atoms with Crippen LogP contribution < -0.4 is 10.6 Å². The van der Waals surface area contributed by atoms with Crippen LogP contribution in [0.3, 0.4) is 0 Å². The third-order valence-electron chi connectivity index (χ3n) is 3.97. The van der Waals surface area contributed by atoms with Crippen LogP contribution in [0.2, 0.25) is 0 Å². The van der Waals surface area contributed by atoms with Crippen LogP contribution in [-0.4, -0.2) is 68.4 Å². The first-order valence-corrected chi connectivity index (χ1v) is 8.54. The van der Waals surface area contributed by atoms with E-state index in [2.05, 4.69) is 10.6 Å².